The van der Waals surface area contributed by atoms with Crippen LogP contribution in [0.15, 0.2) is 6.33 Å². The van der Waals surface area contributed by atoms with Gasteiger partial charge in [0.1, 0.15) is 18.0 Å². The Labute approximate surface area is 117 Å². The van der Waals surface area contributed by atoms with Crippen molar-refractivity contribution in [3.63, 3.8) is 0 Å². The van der Waals surface area contributed by atoms with Crippen LogP contribution in [0.1, 0.15) is 64.9 Å². The van der Waals surface area contributed by atoms with Crippen molar-refractivity contribution < 1.29 is 0 Å². The highest BCUT2D eigenvalue weighted by molar-refractivity contribution is 5.58. The zero-order valence-corrected chi connectivity index (χ0v) is 12.8. The van der Waals surface area contributed by atoms with Gasteiger partial charge in [0, 0.05) is 18.7 Å². The second-order valence-electron chi connectivity index (χ2n) is 5.16. The molecule has 0 bridgehead atoms. The van der Waals surface area contributed by atoms with E-state index in [0.717, 1.165) is 24.7 Å². The summed E-state index contributed by atoms with van der Waals surface area (Å²) in [4.78, 5) is 8.74. The summed E-state index contributed by atoms with van der Waals surface area (Å²) < 4.78 is 0. The third-order valence-corrected chi connectivity index (χ3v) is 3.13. The van der Waals surface area contributed by atoms with E-state index in [1.807, 2.05) is 0 Å². The molecule has 1 rings (SSSR count). The first kappa shape index (κ1) is 15.7. The Morgan fingerprint density at radius 1 is 1.00 bits per heavy atom. The van der Waals surface area contributed by atoms with Crippen LogP contribution in [0, 0.1) is 0 Å². The third kappa shape index (κ3) is 5.05. The lowest BCUT2D eigenvalue weighted by Crippen LogP contribution is -2.12. The minimum absolute atomic E-state index is 0.411. The monoisotopic (exact) mass is 264 g/mol. The van der Waals surface area contributed by atoms with Gasteiger partial charge in [-0.1, -0.05) is 40.0 Å². The lowest BCUT2D eigenvalue weighted by Gasteiger charge is -2.17. The van der Waals surface area contributed by atoms with Gasteiger partial charge in [0.05, 0.1) is 0 Å². The first-order valence-corrected chi connectivity index (χ1v) is 7.53. The highest BCUT2D eigenvalue weighted by Gasteiger charge is 2.13. The van der Waals surface area contributed by atoms with Crippen LogP contribution in [0.3, 0.4) is 0 Å². The molecule has 0 spiro atoms. The molecule has 19 heavy (non-hydrogen) atoms. The fourth-order valence-electron chi connectivity index (χ4n) is 2.15. The van der Waals surface area contributed by atoms with Gasteiger partial charge in [-0.2, -0.15) is 0 Å². The summed E-state index contributed by atoms with van der Waals surface area (Å²) in [7, 11) is 0. The van der Waals surface area contributed by atoms with Crippen LogP contribution in [0.4, 0.5) is 11.6 Å². The Bertz CT molecular complexity index is 363. The van der Waals surface area contributed by atoms with Gasteiger partial charge in [0.25, 0.3) is 0 Å². The Morgan fingerprint density at radius 2 is 1.68 bits per heavy atom. The van der Waals surface area contributed by atoms with E-state index >= 15 is 0 Å². The summed E-state index contributed by atoms with van der Waals surface area (Å²) in [6.07, 6.45) is 6.70. The minimum Gasteiger partial charge on any atom is -0.370 e. The normalized spacial score (nSPS) is 10.8. The van der Waals surface area contributed by atoms with Crippen LogP contribution in [0.5, 0.6) is 0 Å². The second-order valence-corrected chi connectivity index (χ2v) is 5.16. The SMILES string of the molecule is CCCCCCNc1ncnc(NCC)c1C(C)C. The molecule has 0 aromatic carbocycles. The summed E-state index contributed by atoms with van der Waals surface area (Å²) in [5.41, 5.74) is 1.19. The quantitative estimate of drug-likeness (QED) is 0.661. The molecule has 0 saturated carbocycles. The molecule has 0 unspecified atom stereocenters. The van der Waals surface area contributed by atoms with E-state index in [0.29, 0.717) is 5.92 Å². The third-order valence-electron chi connectivity index (χ3n) is 3.13. The Balaban J connectivity index is 2.68. The van der Waals surface area contributed by atoms with Gasteiger partial charge in [-0.05, 0) is 19.3 Å². The molecule has 0 aliphatic carbocycles. The van der Waals surface area contributed by atoms with Crippen LogP contribution >= 0.6 is 0 Å². The molecule has 1 aromatic rings. The standard InChI is InChI=1S/C15H28N4/c1-5-7-8-9-10-17-15-13(12(3)4)14(16-6-2)18-11-19-15/h11-12H,5-10H2,1-4H3,(H2,16,17,18,19). The molecule has 4 heteroatoms. The van der Waals surface area contributed by atoms with Gasteiger partial charge in [0.2, 0.25) is 0 Å². The number of aromatic nitrogens is 2. The number of anilines is 2. The molecule has 0 aliphatic heterocycles. The summed E-state index contributed by atoms with van der Waals surface area (Å²) in [6, 6.07) is 0. The number of unbranched alkanes of at least 4 members (excludes halogenated alkanes) is 3. The van der Waals surface area contributed by atoms with Gasteiger partial charge in [-0.3, -0.25) is 0 Å². The van der Waals surface area contributed by atoms with Crippen molar-refractivity contribution in [2.24, 2.45) is 0 Å². The van der Waals surface area contributed by atoms with Gasteiger partial charge >= 0.3 is 0 Å². The molecular weight excluding hydrogens is 236 g/mol. The van der Waals surface area contributed by atoms with Crippen molar-refractivity contribution >= 4 is 11.6 Å². The van der Waals surface area contributed by atoms with Crippen molar-refractivity contribution in [3.05, 3.63) is 11.9 Å². The van der Waals surface area contributed by atoms with E-state index in [2.05, 4.69) is 48.3 Å². The van der Waals surface area contributed by atoms with E-state index in [4.69, 9.17) is 0 Å². The van der Waals surface area contributed by atoms with E-state index < -0.39 is 0 Å². The van der Waals surface area contributed by atoms with E-state index in [1.165, 1.54) is 31.2 Å². The zero-order chi connectivity index (χ0) is 14.1. The highest BCUT2D eigenvalue weighted by atomic mass is 15.1. The fraction of sp³-hybridized carbons (Fsp3) is 0.733. The number of nitrogens with zero attached hydrogens (tertiary/aromatic N) is 2. The van der Waals surface area contributed by atoms with E-state index in [-0.39, 0.29) is 0 Å². The largest absolute Gasteiger partial charge is 0.370 e. The van der Waals surface area contributed by atoms with Gasteiger partial charge in [0.15, 0.2) is 0 Å². The summed E-state index contributed by atoms with van der Waals surface area (Å²) >= 11 is 0. The number of nitrogens with one attached hydrogen (secondary N) is 2. The topological polar surface area (TPSA) is 49.8 Å². The van der Waals surface area contributed by atoms with Crippen molar-refractivity contribution in [1.82, 2.24) is 9.97 Å². The summed E-state index contributed by atoms with van der Waals surface area (Å²) in [6.45, 7) is 10.6. The molecular formula is C15H28N4. The van der Waals surface area contributed by atoms with Crippen molar-refractivity contribution in [1.29, 1.82) is 0 Å². The molecule has 1 heterocycles. The van der Waals surface area contributed by atoms with Crippen molar-refractivity contribution in [2.45, 2.75) is 59.3 Å². The Kier molecular flexibility index (Phi) is 7.23. The van der Waals surface area contributed by atoms with E-state index in [9.17, 15) is 0 Å². The lowest BCUT2D eigenvalue weighted by molar-refractivity contribution is 0.683. The summed E-state index contributed by atoms with van der Waals surface area (Å²) in [5.74, 6) is 2.36. The predicted molar refractivity (Wildman–Crippen MR) is 82.9 cm³/mol. The molecule has 1 aromatic heterocycles. The van der Waals surface area contributed by atoms with Crippen molar-refractivity contribution in [2.75, 3.05) is 23.7 Å². The second kappa shape index (κ2) is 8.73. The molecule has 2 N–H and O–H groups in total. The average molecular weight is 264 g/mol. The van der Waals surface area contributed by atoms with E-state index in [1.54, 1.807) is 6.33 Å². The molecule has 108 valence electrons. The first-order chi connectivity index (χ1) is 9.20. The van der Waals surface area contributed by atoms with Gasteiger partial charge in [-0.25, -0.2) is 9.97 Å². The maximum atomic E-state index is 4.40. The van der Waals surface area contributed by atoms with Gasteiger partial charge < -0.3 is 10.6 Å². The van der Waals surface area contributed by atoms with Crippen molar-refractivity contribution in [3.8, 4) is 0 Å². The predicted octanol–water partition coefficient (Wildman–Crippen LogP) is 4.02. The van der Waals surface area contributed by atoms with Crippen LogP contribution < -0.4 is 10.6 Å². The average Bonchev–Trinajstić information content (AvgIpc) is 2.38. The molecule has 0 fully saturated rings. The van der Waals surface area contributed by atoms with Crippen LogP contribution in [0.25, 0.3) is 0 Å². The molecule has 0 aliphatic rings. The zero-order valence-electron chi connectivity index (χ0n) is 12.8. The number of hydrogen-bond donors (Lipinski definition) is 2. The molecule has 0 atom stereocenters. The molecule has 0 amide bonds. The molecule has 4 nitrogen and oxygen atoms in total. The highest BCUT2D eigenvalue weighted by Crippen LogP contribution is 2.28. The maximum absolute atomic E-state index is 4.40. The smallest absolute Gasteiger partial charge is 0.134 e. The molecule has 0 radical (unpaired) electrons. The van der Waals surface area contributed by atoms with Crippen LogP contribution in [-0.2, 0) is 0 Å². The Morgan fingerprint density at radius 3 is 2.26 bits per heavy atom. The number of rotatable bonds is 9. The minimum atomic E-state index is 0.411. The Hall–Kier alpha value is -1.32. The number of hydrogen-bond acceptors (Lipinski definition) is 4. The fourth-order valence-corrected chi connectivity index (χ4v) is 2.15. The lowest BCUT2D eigenvalue weighted by atomic mass is 10.0. The summed E-state index contributed by atoms with van der Waals surface area (Å²) in [5, 5.41) is 6.78. The van der Waals surface area contributed by atoms with Crippen LogP contribution in [0.2, 0.25) is 0 Å². The molecule has 0 saturated heterocycles. The van der Waals surface area contributed by atoms with Gasteiger partial charge in [-0.15, -0.1) is 0 Å². The first-order valence-electron chi connectivity index (χ1n) is 7.53. The maximum Gasteiger partial charge on any atom is 0.134 e. The van der Waals surface area contributed by atoms with Crippen LogP contribution in [-0.4, -0.2) is 23.1 Å².